The molecule has 0 atom stereocenters. The lowest BCUT2D eigenvalue weighted by atomic mass is 9.78. The van der Waals surface area contributed by atoms with Gasteiger partial charge in [0.25, 0.3) is 0 Å². The highest BCUT2D eigenvalue weighted by Gasteiger charge is 2.23. The summed E-state index contributed by atoms with van der Waals surface area (Å²) in [7, 11) is 0. The first kappa shape index (κ1) is 41.6. The summed E-state index contributed by atoms with van der Waals surface area (Å²) in [5, 5.41) is 0. The van der Waals surface area contributed by atoms with Crippen LogP contribution in [0.2, 0.25) is 0 Å². The number of anilines is 6. The Bertz CT molecular complexity index is 2100. The van der Waals surface area contributed by atoms with E-state index < -0.39 is 0 Å². The molecule has 2 nitrogen and oxygen atoms in total. The Hall–Kier alpha value is -5.08. The second kappa shape index (κ2) is 18.9. The monoisotopic (exact) mass is 755 g/mol. The Morgan fingerprint density at radius 1 is 0.351 bits per heavy atom. The van der Waals surface area contributed by atoms with Crippen LogP contribution in [0.3, 0.4) is 0 Å². The van der Waals surface area contributed by atoms with E-state index in [0.717, 1.165) is 43.5 Å². The Kier molecular flexibility index (Phi) is 13.8. The van der Waals surface area contributed by atoms with E-state index >= 15 is 0 Å². The van der Waals surface area contributed by atoms with Crippen molar-refractivity contribution in [3.8, 4) is 11.1 Å². The number of hydrogen-bond acceptors (Lipinski definition) is 2. The summed E-state index contributed by atoms with van der Waals surface area (Å²) in [6.45, 7) is 18.4. The molecular formula is C55H66N2. The standard InChI is InChI=1S/C55H66N2/c1-9-14-16-42-18-30-48(31-19-42)56(52-38-26-46(27-39-52)54(6,7)11-3)50-34-22-44(23-35-50)45-24-36-51(37-25-45)57(49-32-20-43(21-33-49)17-15-10-2)53-40-28-47(29-41-53)55(8,12-4)13-5/h18-41H,9-17H2,1-8H3. The van der Waals surface area contributed by atoms with E-state index in [9.17, 15) is 0 Å². The maximum atomic E-state index is 2.40. The second-order valence-corrected chi connectivity index (χ2v) is 16.9. The van der Waals surface area contributed by atoms with Gasteiger partial charge in [-0.15, -0.1) is 0 Å². The van der Waals surface area contributed by atoms with E-state index in [1.54, 1.807) is 0 Å². The van der Waals surface area contributed by atoms with Gasteiger partial charge in [-0.2, -0.15) is 0 Å². The average Bonchev–Trinajstić information content (AvgIpc) is 3.26. The zero-order chi connectivity index (χ0) is 40.4. The first-order chi connectivity index (χ1) is 27.6. The molecule has 2 heteroatoms. The van der Waals surface area contributed by atoms with Crippen LogP contribution >= 0.6 is 0 Å². The van der Waals surface area contributed by atoms with Crippen LogP contribution in [0.4, 0.5) is 34.1 Å². The van der Waals surface area contributed by atoms with Crippen molar-refractivity contribution in [3.63, 3.8) is 0 Å². The zero-order valence-corrected chi connectivity index (χ0v) is 36.1. The summed E-state index contributed by atoms with van der Waals surface area (Å²) in [5.74, 6) is 0. The van der Waals surface area contributed by atoms with Crippen LogP contribution < -0.4 is 9.80 Å². The van der Waals surface area contributed by atoms with Crippen LogP contribution in [0.25, 0.3) is 11.1 Å². The number of benzene rings is 6. The summed E-state index contributed by atoms with van der Waals surface area (Å²) in [4.78, 5) is 4.78. The van der Waals surface area contributed by atoms with Crippen molar-refractivity contribution in [2.45, 2.75) is 124 Å². The van der Waals surface area contributed by atoms with Crippen molar-refractivity contribution in [2.75, 3.05) is 9.80 Å². The highest BCUT2D eigenvalue weighted by molar-refractivity contribution is 5.81. The molecule has 0 N–H and O–H groups in total. The van der Waals surface area contributed by atoms with E-state index in [1.807, 2.05) is 0 Å². The van der Waals surface area contributed by atoms with Crippen molar-refractivity contribution < 1.29 is 0 Å². The van der Waals surface area contributed by atoms with Crippen molar-refractivity contribution in [3.05, 3.63) is 168 Å². The molecule has 0 aliphatic rings. The van der Waals surface area contributed by atoms with Gasteiger partial charge in [0.2, 0.25) is 0 Å². The predicted octanol–water partition coefficient (Wildman–Crippen LogP) is 16.7. The maximum absolute atomic E-state index is 2.40. The molecule has 0 unspecified atom stereocenters. The van der Waals surface area contributed by atoms with Gasteiger partial charge in [0, 0.05) is 34.1 Å². The van der Waals surface area contributed by atoms with Crippen molar-refractivity contribution >= 4 is 34.1 Å². The van der Waals surface area contributed by atoms with E-state index in [0.29, 0.717) is 0 Å². The lowest BCUT2D eigenvalue weighted by Gasteiger charge is -2.30. The van der Waals surface area contributed by atoms with Gasteiger partial charge in [-0.05, 0) is 162 Å². The summed E-state index contributed by atoms with van der Waals surface area (Å²) in [6.07, 6.45) is 10.5. The molecule has 57 heavy (non-hydrogen) atoms. The molecule has 0 saturated carbocycles. The zero-order valence-electron chi connectivity index (χ0n) is 36.1. The van der Waals surface area contributed by atoms with Gasteiger partial charge < -0.3 is 9.80 Å². The number of rotatable bonds is 18. The average molecular weight is 755 g/mol. The fourth-order valence-electron chi connectivity index (χ4n) is 7.82. The van der Waals surface area contributed by atoms with Gasteiger partial charge in [0.05, 0.1) is 0 Å². The van der Waals surface area contributed by atoms with Gasteiger partial charge in [0.15, 0.2) is 0 Å². The van der Waals surface area contributed by atoms with Crippen molar-refractivity contribution in [1.82, 2.24) is 0 Å². The molecule has 0 aliphatic heterocycles. The minimum Gasteiger partial charge on any atom is -0.311 e. The molecule has 6 rings (SSSR count). The van der Waals surface area contributed by atoms with Crippen LogP contribution in [-0.4, -0.2) is 0 Å². The Morgan fingerprint density at radius 3 is 0.947 bits per heavy atom. The highest BCUT2D eigenvalue weighted by Crippen LogP contribution is 2.40. The van der Waals surface area contributed by atoms with Gasteiger partial charge in [-0.25, -0.2) is 0 Å². The molecule has 0 amide bonds. The van der Waals surface area contributed by atoms with Gasteiger partial charge in [-0.1, -0.05) is 141 Å². The van der Waals surface area contributed by atoms with Gasteiger partial charge in [-0.3, -0.25) is 0 Å². The first-order valence-electron chi connectivity index (χ1n) is 21.8. The molecule has 0 saturated heterocycles. The predicted molar refractivity (Wildman–Crippen MR) is 250 cm³/mol. The fourth-order valence-corrected chi connectivity index (χ4v) is 7.82. The summed E-state index contributed by atoms with van der Waals surface area (Å²) >= 11 is 0. The topological polar surface area (TPSA) is 6.48 Å². The van der Waals surface area contributed by atoms with E-state index in [1.165, 1.54) is 81.8 Å². The quantitative estimate of drug-likeness (QED) is 0.0862. The molecule has 6 aromatic rings. The molecule has 0 heterocycles. The largest absolute Gasteiger partial charge is 0.311 e. The van der Waals surface area contributed by atoms with Gasteiger partial charge in [0.1, 0.15) is 0 Å². The first-order valence-corrected chi connectivity index (χ1v) is 21.8. The molecule has 0 radical (unpaired) electrons. The Morgan fingerprint density at radius 2 is 0.649 bits per heavy atom. The highest BCUT2D eigenvalue weighted by atomic mass is 15.1. The second-order valence-electron chi connectivity index (χ2n) is 16.9. The number of hydrogen-bond donors (Lipinski definition) is 0. The third-order valence-corrected chi connectivity index (χ3v) is 12.8. The summed E-state index contributed by atoms with van der Waals surface area (Å²) < 4.78 is 0. The number of unbranched alkanes of at least 4 members (excludes halogenated alkanes) is 2. The molecule has 0 spiro atoms. The minimum atomic E-state index is 0.146. The van der Waals surface area contributed by atoms with Gasteiger partial charge >= 0.3 is 0 Å². The molecular weight excluding hydrogens is 689 g/mol. The van der Waals surface area contributed by atoms with Crippen molar-refractivity contribution in [1.29, 1.82) is 0 Å². The van der Waals surface area contributed by atoms with Crippen LogP contribution in [-0.2, 0) is 23.7 Å². The molecule has 0 aliphatic carbocycles. The smallest absolute Gasteiger partial charge is 0.0462 e. The Labute approximate surface area is 345 Å². The van der Waals surface area contributed by atoms with Crippen LogP contribution in [0.5, 0.6) is 0 Å². The fraction of sp³-hybridized carbons (Fsp3) is 0.345. The SMILES string of the molecule is CCCCc1ccc(N(c2ccc(-c3ccc(N(c4ccc(CCCC)cc4)c4ccc(C(C)(CC)CC)cc4)cc3)cc2)c2ccc(C(C)(C)CC)cc2)cc1. The number of aryl methyl sites for hydroxylation is 2. The Balaban J connectivity index is 1.31. The van der Waals surface area contributed by atoms with Crippen LogP contribution in [0.15, 0.2) is 146 Å². The summed E-state index contributed by atoms with van der Waals surface area (Å²) in [5.41, 5.74) is 15.3. The van der Waals surface area contributed by atoms with Crippen molar-refractivity contribution in [2.24, 2.45) is 0 Å². The molecule has 296 valence electrons. The van der Waals surface area contributed by atoms with Crippen LogP contribution in [0.1, 0.15) is 123 Å². The number of nitrogens with zero attached hydrogens (tertiary/aromatic N) is 2. The molecule has 6 aromatic carbocycles. The third kappa shape index (κ3) is 9.73. The van der Waals surface area contributed by atoms with E-state index in [-0.39, 0.29) is 10.8 Å². The summed E-state index contributed by atoms with van der Waals surface area (Å²) in [6, 6.07) is 55.0. The van der Waals surface area contributed by atoms with E-state index in [2.05, 4.69) is 211 Å². The van der Waals surface area contributed by atoms with Crippen LogP contribution in [0, 0.1) is 0 Å². The third-order valence-electron chi connectivity index (χ3n) is 12.8. The molecule has 0 fully saturated rings. The lowest BCUT2D eigenvalue weighted by molar-refractivity contribution is 0.439. The minimum absolute atomic E-state index is 0.146. The maximum Gasteiger partial charge on any atom is 0.0462 e. The lowest BCUT2D eigenvalue weighted by Crippen LogP contribution is -2.19. The normalized spacial score (nSPS) is 11.8. The molecule has 0 bridgehead atoms. The van der Waals surface area contributed by atoms with E-state index in [4.69, 9.17) is 0 Å². The molecule has 0 aromatic heterocycles.